The van der Waals surface area contributed by atoms with Crippen molar-refractivity contribution in [1.29, 1.82) is 0 Å². The van der Waals surface area contributed by atoms with E-state index >= 15 is 0 Å². The first-order chi connectivity index (χ1) is 43.3. The van der Waals surface area contributed by atoms with Gasteiger partial charge >= 0.3 is 18.5 Å². The molecule has 6 aromatic heterocycles. The average molecular weight is 1330 g/mol. The van der Waals surface area contributed by atoms with Gasteiger partial charge < -0.3 is 14.0 Å². The highest BCUT2D eigenvalue weighted by Crippen LogP contribution is 2.59. The van der Waals surface area contributed by atoms with Crippen molar-refractivity contribution in [3.8, 4) is 0 Å². The molecule has 516 valence electrons. The van der Waals surface area contributed by atoms with Gasteiger partial charge in [-0.1, -0.05) is 31.0 Å². The van der Waals surface area contributed by atoms with Crippen LogP contribution in [0.15, 0.2) is 36.7 Å². The highest BCUT2D eigenvalue weighted by atomic mass is 19.4. The molecule has 14 nitrogen and oxygen atoms in total. The van der Waals surface area contributed by atoms with Crippen LogP contribution in [0.5, 0.6) is 0 Å². The number of benzene rings is 1. The molecule has 0 N–H and O–H groups in total. The number of aromatic nitrogens is 12. The van der Waals surface area contributed by atoms with E-state index in [2.05, 4.69) is 56.5 Å². The number of fused-ring (bicyclic) bond motifs is 7. The molecule has 93 heavy (non-hydrogen) atoms. The first-order valence-corrected chi connectivity index (χ1v) is 32.4. The third-order valence-corrected chi connectivity index (χ3v) is 17.4. The summed E-state index contributed by atoms with van der Waals surface area (Å²) in [7, 11) is 0. The molecule has 8 heterocycles. The largest absolute Gasteiger partial charge is 0.435 e. The van der Waals surface area contributed by atoms with Crippen molar-refractivity contribution in [2.75, 3.05) is 13.2 Å². The zero-order valence-corrected chi connectivity index (χ0v) is 55.6. The van der Waals surface area contributed by atoms with Crippen molar-refractivity contribution >= 4 is 10.9 Å². The maximum atomic E-state index is 13.4. The van der Waals surface area contributed by atoms with Crippen LogP contribution >= 0.6 is 0 Å². The molecule has 0 saturated heterocycles. The minimum atomic E-state index is -4.34. The lowest BCUT2D eigenvalue weighted by atomic mass is 9.95. The van der Waals surface area contributed by atoms with Crippen LogP contribution in [0, 0.1) is 5.92 Å². The van der Waals surface area contributed by atoms with Gasteiger partial charge in [0.05, 0.1) is 43.8 Å². The van der Waals surface area contributed by atoms with Crippen molar-refractivity contribution in [2.45, 2.75) is 266 Å². The predicted octanol–water partition coefficient (Wildman–Crippen LogP) is 18.6. The summed E-state index contributed by atoms with van der Waals surface area (Å²) in [5.74, 6) is -4.36. The van der Waals surface area contributed by atoms with E-state index in [0.717, 1.165) is 101 Å². The summed E-state index contributed by atoms with van der Waals surface area (Å²) in [5.41, 5.74) is 4.42. The topological polar surface area (TPSA) is 125 Å². The van der Waals surface area contributed by atoms with Crippen molar-refractivity contribution in [3.05, 3.63) is 116 Å². The fourth-order valence-electron chi connectivity index (χ4n) is 13.0. The van der Waals surface area contributed by atoms with Crippen molar-refractivity contribution < 1.29 is 66.5 Å². The lowest BCUT2D eigenvalue weighted by Gasteiger charge is -2.17. The van der Waals surface area contributed by atoms with Gasteiger partial charge in [-0.25, -0.2) is 4.98 Å². The molecule has 2 atom stereocenters. The zero-order valence-electron chi connectivity index (χ0n) is 55.6. The maximum absolute atomic E-state index is 13.4. The fraction of sp³-hybridized carbons (Fsp3) is 0.667. The molecular formula is C66H89F13N12O2. The normalized spacial score (nSPS) is 18.0. The number of rotatable bonds is 9. The molecule has 0 bridgehead atoms. The second kappa shape index (κ2) is 28.6. The highest BCUT2D eigenvalue weighted by Gasteiger charge is 2.54. The van der Waals surface area contributed by atoms with Gasteiger partial charge in [0.1, 0.15) is 17.2 Å². The Morgan fingerprint density at radius 2 is 0.968 bits per heavy atom. The summed E-state index contributed by atoms with van der Waals surface area (Å²) in [5, 5.41) is 21.1. The quantitative estimate of drug-likeness (QED) is 0.131. The number of alkyl halides is 13. The Balaban J connectivity index is 0.000000144. The molecule has 2 aliphatic heterocycles. The minimum absolute atomic E-state index is 0.00218. The summed E-state index contributed by atoms with van der Waals surface area (Å²) in [6.07, 6.45) is 0.120. The monoisotopic (exact) mass is 1330 g/mol. The van der Waals surface area contributed by atoms with Crippen LogP contribution in [0.4, 0.5) is 57.1 Å². The molecule has 2 fully saturated rings. The third kappa shape index (κ3) is 16.7. The van der Waals surface area contributed by atoms with Crippen LogP contribution in [-0.2, 0) is 85.2 Å². The highest BCUT2D eigenvalue weighted by molar-refractivity contribution is 5.78. The van der Waals surface area contributed by atoms with E-state index in [1.54, 1.807) is 18.6 Å². The van der Waals surface area contributed by atoms with Crippen LogP contribution < -0.4 is 0 Å². The number of para-hydroxylation sites is 1. The number of imidazole rings is 1. The summed E-state index contributed by atoms with van der Waals surface area (Å²) in [4.78, 5) is 3.82. The minimum Gasteiger partial charge on any atom is -0.376 e. The number of hydrogen-bond donors (Lipinski definition) is 0. The lowest BCUT2D eigenvalue weighted by molar-refractivity contribution is -0.143. The molecule has 0 radical (unpaired) electrons. The fourth-order valence-corrected chi connectivity index (χ4v) is 13.0. The SMILES string of the molecule is CC(C)n1cc(C(F)(F)F)nc1C1CCCC1.CC(C)n1nc(C(C)(F)F)c2c1CCOC2.CC(C)n1nc(C(C)(F)F)c2c1COCC2.CC(C)n1nc(C(F)(F)F)c2c1CC1CC21.CC(C)n1nc(C(F)(F)F)c2c1CCCC2.CC(C)n1ncc2ccccc21. The Bertz CT molecular complexity index is 3400. The van der Waals surface area contributed by atoms with E-state index in [9.17, 15) is 57.1 Å². The van der Waals surface area contributed by atoms with E-state index in [-0.39, 0.29) is 60.0 Å². The molecule has 27 heteroatoms. The first kappa shape index (κ1) is 72.6. The molecule has 7 aromatic rings. The smallest absolute Gasteiger partial charge is 0.376 e. The number of ether oxygens (including phenoxy) is 2. The van der Waals surface area contributed by atoms with Crippen molar-refractivity contribution in [1.82, 2.24) is 58.5 Å². The summed E-state index contributed by atoms with van der Waals surface area (Å²) < 4.78 is 189. The second-order valence-electron chi connectivity index (χ2n) is 26.8. The second-order valence-corrected chi connectivity index (χ2v) is 26.8. The Labute approximate surface area is 535 Å². The van der Waals surface area contributed by atoms with E-state index < -0.39 is 47.5 Å². The maximum Gasteiger partial charge on any atom is 0.435 e. The molecule has 4 aliphatic carbocycles. The molecule has 1 aromatic carbocycles. The summed E-state index contributed by atoms with van der Waals surface area (Å²) in [6.45, 7) is 26.8. The Hall–Kier alpha value is -6.25. The Morgan fingerprint density at radius 1 is 0.484 bits per heavy atom. The predicted molar refractivity (Wildman–Crippen MR) is 326 cm³/mol. The van der Waals surface area contributed by atoms with Gasteiger partial charge in [-0.3, -0.25) is 23.4 Å². The van der Waals surface area contributed by atoms with E-state index in [0.29, 0.717) is 79.1 Å². The molecule has 2 unspecified atom stereocenters. The van der Waals surface area contributed by atoms with Crippen LogP contribution in [0.25, 0.3) is 10.9 Å². The molecule has 13 rings (SSSR count). The molecule has 0 spiro atoms. The third-order valence-electron chi connectivity index (χ3n) is 17.4. The number of hydrogen-bond acceptors (Lipinski definition) is 8. The zero-order chi connectivity index (χ0) is 68.6. The number of halogens is 13. The summed E-state index contributed by atoms with van der Waals surface area (Å²) in [6, 6.07) is 8.89. The van der Waals surface area contributed by atoms with Gasteiger partial charge in [0.2, 0.25) is 0 Å². The van der Waals surface area contributed by atoms with Gasteiger partial charge in [0.15, 0.2) is 17.1 Å². The molecule has 6 aliphatic rings. The van der Waals surface area contributed by atoms with Crippen LogP contribution in [0.1, 0.15) is 269 Å². The first-order valence-electron chi connectivity index (χ1n) is 32.4. The van der Waals surface area contributed by atoms with Gasteiger partial charge in [-0.05, 0) is 159 Å². The van der Waals surface area contributed by atoms with Crippen molar-refractivity contribution in [2.24, 2.45) is 5.92 Å². The molecular weight excluding hydrogens is 1240 g/mol. The van der Waals surface area contributed by atoms with Gasteiger partial charge in [0.25, 0.3) is 11.8 Å². The van der Waals surface area contributed by atoms with Crippen LogP contribution in [0.3, 0.4) is 0 Å². The van der Waals surface area contributed by atoms with Crippen LogP contribution in [-0.4, -0.2) is 71.7 Å². The molecule has 0 amide bonds. The number of nitrogens with zero attached hydrogens (tertiary/aromatic N) is 12. The van der Waals surface area contributed by atoms with E-state index in [4.69, 9.17) is 9.47 Å². The van der Waals surface area contributed by atoms with E-state index in [1.165, 1.54) is 15.6 Å². The lowest BCUT2D eigenvalue weighted by Crippen LogP contribution is -2.16. The van der Waals surface area contributed by atoms with Crippen molar-refractivity contribution in [3.63, 3.8) is 0 Å². The van der Waals surface area contributed by atoms with Crippen LogP contribution in [0.2, 0.25) is 0 Å². The Morgan fingerprint density at radius 3 is 1.52 bits per heavy atom. The van der Waals surface area contributed by atoms with E-state index in [1.807, 2.05) is 92.2 Å². The Kier molecular flexibility index (Phi) is 22.3. The molecule has 2 saturated carbocycles. The van der Waals surface area contributed by atoms with Gasteiger partial charge in [-0.15, -0.1) is 0 Å². The van der Waals surface area contributed by atoms with Gasteiger partial charge in [-0.2, -0.15) is 82.6 Å². The standard InChI is InChI=1S/C12H17F3N2.C11H13F3N2.C11H15F3N2.2C11H16F2N2O.C10H12N2/c1-8(2)17-7-10(12(13,14)15)16-11(17)9-5-3-4-6-9;1-5(2)16-8-4-6-3-7(6)9(8)10(15-16)11(12,13)14;1-7(2)16-9-6-4-3-5-8(9)10(15-16)11(12,13)14;1-7(2)15-9-4-5-16-6-8(9)10(14-15)11(3,12)13;1-7(2)15-9-6-16-5-4-8(9)10(14-15)11(3,12)13;1-8(2)12-10-6-4-3-5-9(10)7-11-12/h7-9H,3-6H2,1-2H3;5-7H,3-4H2,1-2H3;7H,3-6H2,1-2H3;2*7H,4-6H2,1-3H3;3-8H,1-2H3. The average Bonchev–Trinajstić information content (AvgIpc) is 1.55. The summed E-state index contributed by atoms with van der Waals surface area (Å²) >= 11 is 0. The van der Waals surface area contributed by atoms with Gasteiger partial charge in [0, 0.05) is 113 Å².